The minimum Gasteiger partial charge on any atom is -0.324 e. The van der Waals surface area contributed by atoms with E-state index < -0.39 is 0 Å². The summed E-state index contributed by atoms with van der Waals surface area (Å²) in [5.41, 5.74) is 7.37. The van der Waals surface area contributed by atoms with Crippen molar-refractivity contribution in [2.75, 3.05) is 0 Å². The van der Waals surface area contributed by atoms with E-state index in [9.17, 15) is 0 Å². The Morgan fingerprint density at radius 1 is 1.46 bits per heavy atom. The van der Waals surface area contributed by atoms with Gasteiger partial charge in [0.1, 0.15) is 0 Å². The second-order valence-corrected chi connectivity index (χ2v) is 4.71. The molecule has 1 rings (SSSR count). The number of rotatable bonds is 5. The van der Waals surface area contributed by atoms with Crippen LogP contribution >= 0.6 is 11.3 Å². The van der Waals surface area contributed by atoms with Gasteiger partial charge in [-0.05, 0) is 30.4 Å². The van der Waals surface area contributed by atoms with Gasteiger partial charge in [0.05, 0.1) is 0 Å². The van der Waals surface area contributed by atoms with Crippen LogP contribution in [0.1, 0.15) is 49.1 Å². The van der Waals surface area contributed by atoms with Crippen LogP contribution in [0.15, 0.2) is 11.4 Å². The molecule has 13 heavy (non-hydrogen) atoms. The number of hydrogen-bond acceptors (Lipinski definition) is 2. The van der Waals surface area contributed by atoms with E-state index in [0.29, 0.717) is 0 Å². The number of hydrogen-bond donors (Lipinski definition) is 1. The van der Waals surface area contributed by atoms with E-state index >= 15 is 0 Å². The maximum Gasteiger partial charge on any atom is 0.0303 e. The highest BCUT2D eigenvalue weighted by molar-refractivity contribution is 7.10. The fourth-order valence-corrected chi connectivity index (χ4v) is 2.21. The molecule has 2 N–H and O–H groups in total. The molecule has 1 heterocycles. The lowest BCUT2D eigenvalue weighted by Crippen LogP contribution is -2.08. The van der Waals surface area contributed by atoms with Gasteiger partial charge in [-0.2, -0.15) is 0 Å². The Balaban J connectivity index is 2.35. The predicted molar refractivity (Wildman–Crippen MR) is 60.1 cm³/mol. The molecular formula is C11H19NS. The van der Waals surface area contributed by atoms with E-state index in [2.05, 4.69) is 25.3 Å². The normalized spacial score (nSPS) is 13.2. The van der Waals surface area contributed by atoms with Gasteiger partial charge in [0.15, 0.2) is 0 Å². The van der Waals surface area contributed by atoms with Crippen molar-refractivity contribution in [1.29, 1.82) is 0 Å². The zero-order valence-corrected chi connectivity index (χ0v) is 9.36. The Morgan fingerprint density at radius 2 is 2.23 bits per heavy atom. The molecule has 1 nitrogen and oxygen atoms in total. The molecule has 0 bridgehead atoms. The summed E-state index contributed by atoms with van der Waals surface area (Å²) in [5.74, 6) is 0. The summed E-state index contributed by atoms with van der Waals surface area (Å²) in [7, 11) is 0. The highest BCUT2D eigenvalue weighted by Crippen LogP contribution is 2.22. The van der Waals surface area contributed by atoms with E-state index in [-0.39, 0.29) is 6.04 Å². The number of unbranched alkanes of at least 4 members (excludes halogenated alkanes) is 2. The third kappa shape index (κ3) is 3.49. The number of thiophene rings is 1. The van der Waals surface area contributed by atoms with Gasteiger partial charge in [0, 0.05) is 10.9 Å². The van der Waals surface area contributed by atoms with Crippen molar-refractivity contribution >= 4 is 11.3 Å². The summed E-state index contributed by atoms with van der Waals surface area (Å²) in [6.45, 7) is 4.35. The van der Waals surface area contributed by atoms with Crippen molar-refractivity contribution in [3.05, 3.63) is 21.9 Å². The monoisotopic (exact) mass is 197 g/mol. The fraction of sp³-hybridized carbons (Fsp3) is 0.636. The second kappa shape index (κ2) is 5.40. The fourth-order valence-electron chi connectivity index (χ4n) is 1.44. The first kappa shape index (κ1) is 10.7. The standard InChI is InChI=1S/C11H19NS/c1-3-4-5-6-11(12)10-7-9(2)13-8-10/h7-8,11H,3-6,12H2,1-2H3. The highest BCUT2D eigenvalue weighted by atomic mass is 32.1. The Hall–Kier alpha value is -0.340. The minimum atomic E-state index is 0.261. The van der Waals surface area contributed by atoms with Crippen molar-refractivity contribution < 1.29 is 0 Å². The molecule has 0 aliphatic rings. The molecule has 1 aromatic heterocycles. The van der Waals surface area contributed by atoms with Crippen LogP contribution in [-0.4, -0.2) is 0 Å². The third-order valence-corrected chi connectivity index (χ3v) is 3.18. The summed E-state index contributed by atoms with van der Waals surface area (Å²) in [5, 5.41) is 2.19. The molecule has 2 heteroatoms. The van der Waals surface area contributed by atoms with Crippen LogP contribution in [0.25, 0.3) is 0 Å². The van der Waals surface area contributed by atoms with Crippen molar-refractivity contribution in [3.8, 4) is 0 Å². The van der Waals surface area contributed by atoms with Crippen LogP contribution in [0.4, 0.5) is 0 Å². The molecule has 0 saturated heterocycles. The lowest BCUT2D eigenvalue weighted by molar-refractivity contribution is 0.582. The smallest absolute Gasteiger partial charge is 0.0303 e. The molecule has 0 aliphatic carbocycles. The van der Waals surface area contributed by atoms with Crippen molar-refractivity contribution in [1.82, 2.24) is 0 Å². The third-order valence-electron chi connectivity index (χ3n) is 2.30. The van der Waals surface area contributed by atoms with Crippen LogP contribution in [0.2, 0.25) is 0 Å². The molecule has 0 aliphatic heterocycles. The van der Waals surface area contributed by atoms with Crippen LogP contribution in [0.5, 0.6) is 0 Å². The van der Waals surface area contributed by atoms with Crippen LogP contribution in [0.3, 0.4) is 0 Å². The minimum absolute atomic E-state index is 0.261. The Labute approximate surface area is 85.0 Å². The summed E-state index contributed by atoms with van der Waals surface area (Å²) >= 11 is 1.79. The van der Waals surface area contributed by atoms with E-state index in [4.69, 9.17) is 5.73 Å². The van der Waals surface area contributed by atoms with E-state index in [0.717, 1.165) is 6.42 Å². The summed E-state index contributed by atoms with van der Waals surface area (Å²) in [6.07, 6.45) is 4.96. The van der Waals surface area contributed by atoms with Crippen LogP contribution in [0, 0.1) is 6.92 Å². The first-order valence-corrected chi connectivity index (χ1v) is 5.92. The number of aryl methyl sites for hydroxylation is 1. The zero-order valence-electron chi connectivity index (χ0n) is 8.55. The molecule has 0 amide bonds. The largest absolute Gasteiger partial charge is 0.324 e. The Bertz CT molecular complexity index is 242. The summed E-state index contributed by atoms with van der Waals surface area (Å²) < 4.78 is 0. The molecule has 1 aromatic rings. The van der Waals surface area contributed by atoms with E-state index in [1.54, 1.807) is 11.3 Å². The van der Waals surface area contributed by atoms with Gasteiger partial charge in [-0.25, -0.2) is 0 Å². The van der Waals surface area contributed by atoms with Crippen LogP contribution < -0.4 is 5.73 Å². The van der Waals surface area contributed by atoms with Crippen molar-refractivity contribution in [2.24, 2.45) is 5.73 Å². The van der Waals surface area contributed by atoms with Gasteiger partial charge in [-0.1, -0.05) is 26.2 Å². The zero-order chi connectivity index (χ0) is 9.68. The van der Waals surface area contributed by atoms with Gasteiger partial charge in [0.2, 0.25) is 0 Å². The lowest BCUT2D eigenvalue weighted by Gasteiger charge is -2.08. The molecule has 1 unspecified atom stereocenters. The van der Waals surface area contributed by atoms with Crippen LogP contribution in [-0.2, 0) is 0 Å². The van der Waals surface area contributed by atoms with Gasteiger partial charge in [-0.3, -0.25) is 0 Å². The first-order chi connectivity index (χ1) is 6.24. The van der Waals surface area contributed by atoms with Gasteiger partial charge < -0.3 is 5.73 Å². The quantitative estimate of drug-likeness (QED) is 0.717. The first-order valence-electron chi connectivity index (χ1n) is 5.04. The average molecular weight is 197 g/mol. The highest BCUT2D eigenvalue weighted by Gasteiger charge is 2.06. The SMILES string of the molecule is CCCCCC(N)c1csc(C)c1. The molecule has 0 radical (unpaired) electrons. The molecule has 1 atom stereocenters. The average Bonchev–Trinajstić information content (AvgIpc) is 2.52. The molecule has 74 valence electrons. The molecule has 0 fully saturated rings. The second-order valence-electron chi connectivity index (χ2n) is 3.59. The molecule has 0 saturated carbocycles. The van der Waals surface area contributed by atoms with Crippen molar-refractivity contribution in [3.63, 3.8) is 0 Å². The van der Waals surface area contributed by atoms with E-state index in [1.165, 1.54) is 29.7 Å². The van der Waals surface area contributed by atoms with E-state index in [1.807, 2.05) is 0 Å². The summed E-state index contributed by atoms with van der Waals surface area (Å²) in [4.78, 5) is 1.36. The predicted octanol–water partition coefficient (Wildman–Crippen LogP) is 3.64. The van der Waals surface area contributed by atoms with Gasteiger partial charge >= 0.3 is 0 Å². The number of nitrogens with two attached hydrogens (primary N) is 1. The Kier molecular flexibility index (Phi) is 4.46. The topological polar surface area (TPSA) is 26.0 Å². The maximum atomic E-state index is 6.06. The molecular weight excluding hydrogens is 178 g/mol. The molecule has 0 aromatic carbocycles. The van der Waals surface area contributed by atoms with Crippen molar-refractivity contribution in [2.45, 2.75) is 45.6 Å². The maximum absolute atomic E-state index is 6.06. The Morgan fingerprint density at radius 3 is 2.77 bits per heavy atom. The van der Waals surface area contributed by atoms with Gasteiger partial charge in [-0.15, -0.1) is 11.3 Å². The van der Waals surface area contributed by atoms with Gasteiger partial charge in [0.25, 0.3) is 0 Å². The molecule has 0 spiro atoms. The summed E-state index contributed by atoms with van der Waals surface area (Å²) in [6, 6.07) is 2.47. The lowest BCUT2D eigenvalue weighted by atomic mass is 10.0.